The number of nitrogens with one attached hydrogen (secondary N) is 2. The van der Waals surface area contributed by atoms with E-state index in [0.29, 0.717) is 34.3 Å². The normalized spacial score (nSPS) is 10.3. The Labute approximate surface area is 163 Å². The Morgan fingerprint density at radius 3 is 2.70 bits per heavy atom. The molecule has 138 valence electrons. The Bertz CT molecular complexity index is 960. The van der Waals surface area contributed by atoms with Gasteiger partial charge in [0.25, 0.3) is 5.91 Å². The molecular weight excluding hydrogens is 362 g/mol. The number of carbonyl (C=O) groups is 1. The highest BCUT2D eigenvalue weighted by Gasteiger charge is 2.11. The molecule has 2 aromatic carbocycles. The van der Waals surface area contributed by atoms with Crippen molar-refractivity contribution in [3.63, 3.8) is 0 Å². The molecule has 0 saturated heterocycles. The third-order valence-electron chi connectivity index (χ3n) is 3.90. The second-order valence-corrected chi connectivity index (χ2v) is 6.34. The van der Waals surface area contributed by atoms with E-state index in [1.54, 1.807) is 18.3 Å². The van der Waals surface area contributed by atoms with Crippen molar-refractivity contribution in [1.82, 2.24) is 4.98 Å². The van der Waals surface area contributed by atoms with Crippen molar-refractivity contribution in [1.29, 1.82) is 0 Å². The quantitative estimate of drug-likeness (QED) is 0.597. The van der Waals surface area contributed by atoms with Crippen LogP contribution >= 0.6 is 11.6 Å². The third kappa shape index (κ3) is 4.77. The number of hydrogen-bond donors (Lipinski definition) is 2. The highest BCUT2D eigenvalue weighted by atomic mass is 35.5. The molecule has 0 aliphatic heterocycles. The maximum absolute atomic E-state index is 12.6. The summed E-state index contributed by atoms with van der Waals surface area (Å²) in [4.78, 5) is 16.8. The van der Waals surface area contributed by atoms with Crippen molar-refractivity contribution >= 4 is 34.6 Å². The number of para-hydroxylation sites is 2. The lowest BCUT2D eigenvalue weighted by molar-refractivity contribution is 0.102. The zero-order chi connectivity index (χ0) is 19.2. The number of aromatic nitrogens is 1. The minimum absolute atomic E-state index is 0.264. The van der Waals surface area contributed by atoms with Gasteiger partial charge >= 0.3 is 0 Å². The fourth-order valence-corrected chi connectivity index (χ4v) is 2.70. The second-order valence-electron chi connectivity index (χ2n) is 5.93. The van der Waals surface area contributed by atoms with Crippen LogP contribution in [0.25, 0.3) is 0 Å². The lowest BCUT2D eigenvalue weighted by Crippen LogP contribution is -2.13. The molecular formula is C21H20ClN3O2. The summed E-state index contributed by atoms with van der Waals surface area (Å²) in [5.41, 5.74) is 3.58. The summed E-state index contributed by atoms with van der Waals surface area (Å²) in [6, 6.07) is 14.7. The molecule has 0 unspecified atom stereocenters. The van der Waals surface area contributed by atoms with Gasteiger partial charge in [-0.3, -0.25) is 9.78 Å². The first-order chi connectivity index (χ1) is 13.1. The van der Waals surface area contributed by atoms with E-state index >= 15 is 0 Å². The molecule has 0 bridgehead atoms. The Kier molecular flexibility index (Phi) is 5.94. The standard InChI is InChI=1S/C21H20ClN3O2/c1-3-27-20-7-5-4-6-19(20)25-21(26)15-10-17(13-23-12-15)24-16-9-8-14(2)18(22)11-16/h4-13,24H,3H2,1-2H3,(H,25,26). The lowest BCUT2D eigenvalue weighted by atomic mass is 10.2. The van der Waals surface area contributed by atoms with Crippen LogP contribution in [-0.4, -0.2) is 17.5 Å². The summed E-state index contributed by atoms with van der Waals surface area (Å²) in [5, 5.41) is 6.75. The largest absolute Gasteiger partial charge is 0.492 e. The Morgan fingerprint density at radius 1 is 1.11 bits per heavy atom. The van der Waals surface area contributed by atoms with Gasteiger partial charge in [0.1, 0.15) is 5.75 Å². The van der Waals surface area contributed by atoms with Gasteiger partial charge in [-0.15, -0.1) is 0 Å². The Balaban J connectivity index is 1.76. The number of benzene rings is 2. The Morgan fingerprint density at radius 2 is 1.93 bits per heavy atom. The number of amides is 1. The van der Waals surface area contributed by atoms with Gasteiger partial charge in [-0.05, 0) is 49.7 Å². The topological polar surface area (TPSA) is 63.2 Å². The molecule has 6 heteroatoms. The molecule has 3 aromatic rings. The van der Waals surface area contributed by atoms with Gasteiger partial charge in [-0.25, -0.2) is 0 Å². The van der Waals surface area contributed by atoms with Gasteiger partial charge in [-0.1, -0.05) is 29.8 Å². The molecule has 1 heterocycles. The third-order valence-corrected chi connectivity index (χ3v) is 4.30. The van der Waals surface area contributed by atoms with Crippen LogP contribution in [0.1, 0.15) is 22.8 Å². The zero-order valence-corrected chi connectivity index (χ0v) is 15.9. The summed E-state index contributed by atoms with van der Waals surface area (Å²) in [6.45, 7) is 4.36. The summed E-state index contributed by atoms with van der Waals surface area (Å²) >= 11 is 6.16. The molecule has 0 spiro atoms. The maximum atomic E-state index is 12.6. The van der Waals surface area contributed by atoms with Crippen molar-refractivity contribution in [2.24, 2.45) is 0 Å². The van der Waals surface area contributed by atoms with Crippen LogP contribution in [0.5, 0.6) is 5.75 Å². The first-order valence-electron chi connectivity index (χ1n) is 8.58. The molecule has 0 aliphatic carbocycles. The number of nitrogens with zero attached hydrogens (tertiary/aromatic N) is 1. The molecule has 0 aliphatic rings. The number of anilines is 3. The van der Waals surface area contributed by atoms with Gasteiger partial charge in [-0.2, -0.15) is 0 Å². The van der Waals surface area contributed by atoms with E-state index in [-0.39, 0.29) is 5.91 Å². The molecule has 1 aromatic heterocycles. The maximum Gasteiger partial charge on any atom is 0.257 e. The van der Waals surface area contributed by atoms with E-state index in [9.17, 15) is 4.79 Å². The van der Waals surface area contributed by atoms with Gasteiger partial charge in [0.05, 0.1) is 29.7 Å². The van der Waals surface area contributed by atoms with Crippen molar-refractivity contribution < 1.29 is 9.53 Å². The van der Waals surface area contributed by atoms with Crippen molar-refractivity contribution in [3.8, 4) is 5.75 Å². The van der Waals surface area contributed by atoms with Crippen molar-refractivity contribution in [3.05, 3.63) is 77.1 Å². The molecule has 27 heavy (non-hydrogen) atoms. The number of ether oxygens (including phenoxy) is 1. The highest BCUT2D eigenvalue weighted by molar-refractivity contribution is 6.31. The van der Waals surface area contributed by atoms with Gasteiger partial charge in [0, 0.05) is 16.9 Å². The van der Waals surface area contributed by atoms with E-state index in [0.717, 1.165) is 11.3 Å². The van der Waals surface area contributed by atoms with Gasteiger partial charge in [0.15, 0.2) is 0 Å². The van der Waals surface area contributed by atoms with Crippen LogP contribution in [0, 0.1) is 6.92 Å². The minimum Gasteiger partial charge on any atom is -0.492 e. The summed E-state index contributed by atoms with van der Waals surface area (Å²) in [7, 11) is 0. The van der Waals surface area contributed by atoms with Crippen molar-refractivity contribution in [2.75, 3.05) is 17.2 Å². The van der Waals surface area contributed by atoms with E-state index in [4.69, 9.17) is 16.3 Å². The summed E-state index contributed by atoms with van der Waals surface area (Å²) < 4.78 is 5.54. The van der Waals surface area contributed by atoms with Crippen molar-refractivity contribution in [2.45, 2.75) is 13.8 Å². The molecule has 3 rings (SSSR count). The SMILES string of the molecule is CCOc1ccccc1NC(=O)c1cncc(Nc2ccc(C)c(Cl)c2)c1. The number of hydrogen-bond acceptors (Lipinski definition) is 4. The number of rotatable bonds is 6. The zero-order valence-electron chi connectivity index (χ0n) is 15.1. The minimum atomic E-state index is -0.264. The predicted molar refractivity (Wildman–Crippen MR) is 109 cm³/mol. The average molecular weight is 382 g/mol. The molecule has 0 atom stereocenters. The first kappa shape index (κ1) is 18.7. The van der Waals surface area contributed by atoms with E-state index in [2.05, 4.69) is 15.6 Å². The van der Waals surface area contributed by atoms with Crippen LogP contribution in [0.3, 0.4) is 0 Å². The smallest absolute Gasteiger partial charge is 0.257 e. The fraction of sp³-hybridized carbons (Fsp3) is 0.143. The number of aryl methyl sites for hydroxylation is 1. The highest BCUT2D eigenvalue weighted by Crippen LogP contribution is 2.26. The van der Waals surface area contributed by atoms with E-state index < -0.39 is 0 Å². The van der Waals surface area contributed by atoms with Crippen LogP contribution in [0.4, 0.5) is 17.1 Å². The Hall–Kier alpha value is -3.05. The average Bonchev–Trinajstić information content (AvgIpc) is 2.67. The number of pyridine rings is 1. The summed E-state index contributed by atoms with van der Waals surface area (Å²) in [5.74, 6) is 0.366. The second kappa shape index (κ2) is 8.56. The molecule has 2 N–H and O–H groups in total. The van der Waals surface area contributed by atoms with E-state index in [1.807, 2.05) is 50.2 Å². The van der Waals surface area contributed by atoms with Crippen LogP contribution in [0.15, 0.2) is 60.9 Å². The van der Waals surface area contributed by atoms with Crippen LogP contribution < -0.4 is 15.4 Å². The van der Waals surface area contributed by atoms with Gasteiger partial charge in [0.2, 0.25) is 0 Å². The molecule has 1 amide bonds. The first-order valence-corrected chi connectivity index (χ1v) is 8.96. The number of carbonyl (C=O) groups excluding carboxylic acids is 1. The van der Waals surface area contributed by atoms with E-state index in [1.165, 1.54) is 6.20 Å². The molecule has 5 nitrogen and oxygen atoms in total. The van der Waals surface area contributed by atoms with Crippen LogP contribution in [-0.2, 0) is 0 Å². The van der Waals surface area contributed by atoms with Gasteiger partial charge < -0.3 is 15.4 Å². The van der Waals surface area contributed by atoms with Crippen LogP contribution in [0.2, 0.25) is 5.02 Å². The summed E-state index contributed by atoms with van der Waals surface area (Å²) in [6.07, 6.45) is 3.17. The molecule has 0 saturated carbocycles. The lowest BCUT2D eigenvalue weighted by Gasteiger charge is -2.12. The fourth-order valence-electron chi connectivity index (χ4n) is 2.52. The molecule has 0 radical (unpaired) electrons. The monoisotopic (exact) mass is 381 g/mol. The number of halogens is 1. The molecule has 0 fully saturated rings. The predicted octanol–water partition coefficient (Wildman–Crippen LogP) is 5.44.